The summed E-state index contributed by atoms with van der Waals surface area (Å²) in [4.78, 5) is 23.2. The molecular formula is C25H18Cl2N2O4. The molecule has 0 saturated heterocycles. The van der Waals surface area contributed by atoms with Gasteiger partial charge in [-0.3, -0.25) is 10.1 Å². The molecule has 1 aliphatic heterocycles. The highest BCUT2D eigenvalue weighted by molar-refractivity contribution is 6.36. The molecule has 0 bridgehead atoms. The van der Waals surface area contributed by atoms with Crippen LogP contribution in [0.15, 0.2) is 72.8 Å². The smallest absolute Gasteiger partial charge is 0.345 e. The Balaban J connectivity index is 1.41. The number of anilines is 1. The van der Waals surface area contributed by atoms with Gasteiger partial charge in [0.15, 0.2) is 0 Å². The van der Waals surface area contributed by atoms with Gasteiger partial charge in [0.2, 0.25) is 0 Å². The maximum absolute atomic E-state index is 12.6. The van der Waals surface area contributed by atoms with Crippen LogP contribution in [0, 0.1) is 16.0 Å². The summed E-state index contributed by atoms with van der Waals surface area (Å²) in [6.45, 7) is 0. The second-order valence-electron chi connectivity index (χ2n) is 8.09. The van der Waals surface area contributed by atoms with Crippen LogP contribution in [0.4, 0.5) is 11.4 Å². The van der Waals surface area contributed by atoms with Crippen LogP contribution in [0.2, 0.25) is 10.0 Å². The van der Waals surface area contributed by atoms with Crippen molar-refractivity contribution in [2.45, 2.75) is 18.4 Å². The standard InChI is InChI=1S/C25H18Cl2N2O4/c26-15-6-10-20(22(27)12-15)25(30)33-17-9-11-23-21(13-17)18-2-1-3-19(18)24(28-23)14-4-7-16(8-5-14)29(31)32/h1-2,4-13,18-19,24,28H,3H2/t18-,19-,24+/m1/s1. The quantitative estimate of drug-likeness (QED) is 0.143. The van der Waals surface area contributed by atoms with Crippen molar-refractivity contribution in [2.75, 3.05) is 5.32 Å². The van der Waals surface area contributed by atoms with Crippen LogP contribution >= 0.6 is 23.2 Å². The van der Waals surface area contributed by atoms with Crippen molar-refractivity contribution in [1.82, 2.24) is 0 Å². The van der Waals surface area contributed by atoms with Crippen LogP contribution in [0.1, 0.15) is 39.9 Å². The van der Waals surface area contributed by atoms with Crippen molar-refractivity contribution in [3.63, 3.8) is 0 Å². The molecule has 6 nitrogen and oxygen atoms in total. The minimum absolute atomic E-state index is 0.0135. The molecule has 1 heterocycles. The van der Waals surface area contributed by atoms with Crippen LogP contribution < -0.4 is 10.1 Å². The van der Waals surface area contributed by atoms with E-state index in [0.717, 1.165) is 23.2 Å². The number of non-ortho nitro benzene ring substituents is 1. The summed E-state index contributed by atoms with van der Waals surface area (Å²) in [5, 5.41) is 15.2. The zero-order chi connectivity index (χ0) is 23.1. The topological polar surface area (TPSA) is 81.5 Å². The number of carbonyl (C=O) groups is 1. The molecule has 0 aromatic heterocycles. The Morgan fingerprint density at radius 1 is 1.06 bits per heavy atom. The van der Waals surface area contributed by atoms with Gasteiger partial charge in [-0.05, 0) is 59.9 Å². The Morgan fingerprint density at radius 3 is 2.58 bits per heavy atom. The number of nitrogens with zero attached hydrogens (tertiary/aromatic N) is 1. The first-order valence-corrected chi connectivity index (χ1v) is 11.1. The summed E-state index contributed by atoms with van der Waals surface area (Å²) in [5.74, 6) is 0.261. The molecule has 0 fully saturated rings. The number of ether oxygens (including phenoxy) is 1. The lowest BCUT2D eigenvalue weighted by Crippen LogP contribution is -2.29. The molecule has 1 N–H and O–H groups in total. The zero-order valence-corrected chi connectivity index (χ0v) is 18.7. The molecule has 0 saturated carbocycles. The number of benzene rings is 3. The Kier molecular flexibility index (Phi) is 5.56. The van der Waals surface area contributed by atoms with Gasteiger partial charge < -0.3 is 10.1 Å². The SMILES string of the molecule is O=C(Oc1ccc2c(c1)[C@@H]1C=CC[C@H]1[C@H](c1ccc([N+](=O)[O-])cc1)N2)c1ccc(Cl)cc1Cl. The number of allylic oxidation sites excluding steroid dienone is 2. The van der Waals surface area contributed by atoms with Crippen LogP contribution in [-0.4, -0.2) is 10.9 Å². The zero-order valence-electron chi connectivity index (χ0n) is 17.2. The third-order valence-corrected chi connectivity index (χ3v) is 6.71. The summed E-state index contributed by atoms with van der Waals surface area (Å²) in [6, 6.07) is 16.8. The average Bonchev–Trinajstić information content (AvgIpc) is 3.29. The van der Waals surface area contributed by atoms with E-state index in [1.807, 2.05) is 24.3 Å². The molecular weight excluding hydrogens is 463 g/mol. The average molecular weight is 481 g/mol. The lowest BCUT2D eigenvalue weighted by atomic mass is 9.77. The first-order valence-electron chi connectivity index (χ1n) is 10.4. The number of esters is 1. The highest BCUT2D eigenvalue weighted by atomic mass is 35.5. The number of nitrogens with one attached hydrogen (secondary N) is 1. The van der Waals surface area contributed by atoms with Gasteiger partial charge in [-0.2, -0.15) is 0 Å². The van der Waals surface area contributed by atoms with Gasteiger partial charge in [0.25, 0.3) is 5.69 Å². The lowest BCUT2D eigenvalue weighted by molar-refractivity contribution is -0.384. The van der Waals surface area contributed by atoms with E-state index >= 15 is 0 Å². The molecule has 33 heavy (non-hydrogen) atoms. The Morgan fingerprint density at radius 2 is 1.85 bits per heavy atom. The molecule has 1 aliphatic carbocycles. The Bertz CT molecular complexity index is 1290. The lowest BCUT2D eigenvalue weighted by Gasteiger charge is -2.37. The fourth-order valence-corrected chi connectivity index (χ4v) is 5.07. The molecule has 5 rings (SSSR count). The summed E-state index contributed by atoms with van der Waals surface area (Å²) in [5.41, 5.74) is 3.30. The maximum Gasteiger partial charge on any atom is 0.345 e. The van der Waals surface area contributed by atoms with Crippen molar-refractivity contribution >= 4 is 40.5 Å². The second kappa shape index (κ2) is 8.54. The number of fused-ring (bicyclic) bond motifs is 3. The van der Waals surface area contributed by atoms with E-state index in [4.69, 9.17) is 27.9 Å². The maximum atomic E-state index is 12.6. The first-order chi connectivity index (χ1) is 15.9. The second-order valence-corrected chi connectivity index (χ2v) is 8.93. The van der Waals surface area contributed by atoms with E-state index in [1.54, 1.807) is 12.1 Å². The van der Waals surface area contributed by atoms with Gasteiger partial charge in [-0.25, -0.2) is 4.79 Å². The van der Waals surface area contributed by atoms with E-state index in [1.165, 1.54) is 24.3 Å². The van der Waals surface area contributed by atoms with Crippen molar-refractivity contribution in [1.29, 1.82) is 0 Å². The molecule has 3 atom stereocenters. The highest BCUT2D eigenvalue weighted by Crippen LogP contribution is 2.50. The van der Waals surface area contributed by atoms with E-state index < -0.39 is 10.9 Å². The predicted octanol–water partition coefficient (Wildman–Crippen LogP) is 6.95. The third-order valence-electron chi connectivity index (χ3n) is 6.16. The largest absolute Gasteiger partial charge is 0.423 e. The number of nitro benzene ring substituents is 1. The van der Waals surface area contributed by atoms with Gasteiger partial charge in [0.05, 0.1) is 21.6 Å². The third kappa shape index (κ3) is 4.08. The molecule has 0 amide bonds. The van der Waals surface area contributed by atoms with Crippen molar-refractivity contribution in [3.05, 3.63) is 110 Å². The molecule has 166 valence electrons. The molecule has 8 heteroatoms. The molecule has 0 radical (unpaired) electrons. The van der Waals surface area contributed by atoms with Crippen LogP contribution in [0.25, 0.3) is 0 Å². The van der Waals surface area contributed by atoms with Gasteiger partial charge >= 0.3 is 5.97 Å². The molecule has 3 aromatic rings. The van der Waals surface area contributed by atoms with E-state index in [-0.39, 0.29) is 34.2 Å². The predicted molar refractivity (Wildman–Crippen MR) is 127 cm³/mol. The fraction of sp³-hybridized carbons (Fsp3) is 0.160. The molecule has 3 aromatic carbocycles. The normalized spacial score (nSPS) is 20.5. The number of hydrogen-bond acceptors (Lipinski definition) is 5. The minimum atomic E-state index is -0.553. The van der Waals surface area contributed by atoms with Gasteiger partial charge in [-0.15, -0.1) is 0 Å². The van der Waals surface area contributed by atoms with E-state index in [9.17, 15) is 14.9 Å². The summed E-state index contributed by atoms with van der Waals surface area (Å²) >= 11 is 12.0. The number of carbonyl (C=O) groups excluding carboxylic acids is 1. The molecule has 0 spiro atoms. The van der Waals surface area contributed by atoms with Crippen LogP contribution in [0.5, 0.6) is 5.75 Å². The van der Waals surface area contributed by atoms with Gasteiger partial charge in [0.1, 0.15) is 5.75 Å². The van der Waals surface area contributed by atoms with Crippen molar-refractivity contribution in [3.8, 4) is 5.75 Å². The number of nitro groups is 1. The first kappa shape index (κ1) is 21.5. The van der Waals surface area contributed by atoms with E-state index in [0.29, 0.717) is 10.8 Å². The Hall–Kier alpha value is -3.35. The van der Waals surface area contributed by atoms with Crippen LogP contribution in [-0.2, 0) is 0 Å². The Labute approximate surface area is 199 Å². The summed E-state index contributed by atoms with van der Waals surface area (Å²) in [6.07, 6.45) is 5.20. The minimum Gasteiger partial charge on any atom is -0.423 e. The molecule has 2 aliphatic rings. The summed E-state index contributed by atoms with van der Waals surface area (Å²) in [7, 11) is 0. The van der Waals surface area contributed by atoms with Gasteiger partial charge in [0, 0.05) is 28.8 Å². The van der Waals surface area contributed by atoms with Crippen molar-refractivity contribution in [2.24, 2.45) is 5.92 Å². The summed E-state index contributed by atoms with van der Waals surface area (Å²) < 4.78 is 5.60. The van der Waals surface area contributed by atoms with Crippen LogP contribution in [0.3, 0.4) is 0 Å². The number of hydrogen-bond donors (Lipinski definition) is 1. The molecule has 0 unspecified atom stereocenters. The fourth-order valence-electron chi connectivity index (χ4n) is 4.59. The van der Waals surface area contributed by atoms with Crippen molar-refractivity contribution < 1.29 is 14.5 Å². The van der Waals surface area contributed by atoms with Gasteiger partial charge in [-0.1, -0.05) is 47.5 Å². The number of rotatable bonds is 4. The van der Waals surface area contributed by atoms with E-state index in [2.05, 4.69) is 17.5 Å². The highest BCUT2D eigenvalue weighted by Gasteiger charge is 2.38. The monoisotopic (exact) mass is 480 g/mol. The number of halogens is 2.